The number of hydrogen-bond acceptors (Lipinski definition) is 8. The van der Waals surface area contributed by atoms with Crippen molar-refractivity contribution in [2.24, 2.45) is 0 Å². The molecule has 1 aromatic rings. The van der Waals surface area contributed by atoms with Crippen LogP contribution in [0.5, 0.6) is 0 Å². The van der Waals surface area contributed by atoms with E-state index in [1.807, 2.05) is 0 Å². The quantitative estimate of drug-likeness (QED) is 0.524. The Morgan fingerprint density at radius 1 is 1.10 bits per heavy atom. The maximum absolute atomic E-state index is 8.61. The normalized spacial score (nSPS) is 10.4. The molecule has 0 unspecified atom stereocenters. The van der Waals surface area contributed by atoms with Gasteiger partial charge in [-0.1, -0.05) is 0 Å². The summed E-state index contributed by atoms with van der Waals surface area (Å²) in [5, 5.41) is 14.6. The SMILES string of the molecule is CCN(CC)c1nc(NC)nc(NCCOCCO)n1. The molecule has 20 heavy (non-hydrogen) atoms. The predicted octanol–water partition coefficient (Wildman–Crippen LogP) is 0.180. The van der Waals surface area contributed by atoms with Gasteiger partial charge in [0, 0.05) is 26.7 Å². The summed E-state index contributed by atoms with van der Waals surface area (Å²) >= 11 is 0. The van der Waals surface area contributed by atoms with E-state index in [2.05, 4.69) is 44.3 Å². The minimum atomic E-state index is 0.0295. The third-order valence-corrected chi connectivity index (χ3v) is 2.66. The summed E-state index contributed by atoms with van der Waals surface area (Å²) in [6, 6.07) is 0. The van der Waals surface area contributed by atoms with Gasteiger partial charge in [0.1, 0.15) is 0 Å². The molecule has 3 N–H and O–H groups in total. The molecule has 114 valence electrons. The van der Waals surface area contributed by atoms with Crippen LogP contribution in [-0.4, -0.2) is 66.6 Å². The Morgan fingerprint density at radius 2 is 1.80 bits per heavy atom. The number of aliphatic hydroxyl groups is 1. The summed E-state index contributed by atoms with van der Waals surface area (Å²) in [6.45, 7) is 7.22. The minimum absolute atomic E-state index is 0.0295. The second-order valence-corrected chi connectivity index (χ2v) is 3.97. The Balaban J connectivity index is 2.67. The lowest BCUT2D eigenvalue weighted by Crippen LogP contribution is -2.25. The van der Waals surface area contributed by atoms with Crippen molar-refractivity contribution in [2.45, 2.75) is 13.8 Å². The van der Waals surface area contributed by atoms with Crippen molar-refractivity contribution >= 4 is 17.8 Å². The van der Waals surface area contributed by atoms with Crippen LogP contribution in [0.15, 0.2) is 0 Å². The molecule has 0 amide bonds. The Bertz CT molecular complexity index is 386. The third-order valence-electron chi connectivity index (χ3n) is 2.66. The fraction of sp³-hybridized carbons (Fsp3) is 0.750. The number of nitrogens with zero attached hydrogens (tertiary/aromatic N) is 4. The van der Waals surface area contributed by atoms with E-state index in [9.17, 15) is 0 Å². The average Bonchev–Trinajstić information content (AvgIpc) is 2.48. The molecule has 0 aliphatic rings. The largest absolute Gasteiger partial charge is 0.394 e. The molecule has 1 rings (SSSR count). The molecule has 0 saturated heterocycles. The van der Waals surface area contributed by atoms with Gasteiger partial charge in [0.05, 0.1) is 19.8 Å². The van der Waals surface area contributed by atoms with Crippen LogP contribution in [0.1, 0.15) is 13.8 Å². The topological polar surface area (TPSA) is 95.4 Å². The van der Waals surface area contributed by atoms with Gasteiger partial charge in [0.2, 0.25) is 17.8 Å². The highest BCUT2D eigenvalue weighted by molar-refractivity contribution is 5.43. The second-order valence-electron chi connectivity index (χ2n) is 3.97. The molecule has 1 heterocycles. The monoisotopic (exact) mass is 284 g/mol. The van der Waals surface area contributed by atoms with Crippen molar-refractivity contribution in [3.8, 4) is 0 Å². The first-order valence-corrected chi connectivity index (χ1v) is 6.86. The van der Waals surface area contributed by atoms with E-state index in [0.29, 0.717) is 37.6 Å². The van der Waals surface area contributed by atoms with Gasteiger partial charge in [-0.15, -0.1) is 0 Å². The van der Waals surface area contributed by atoms with E-state index in [1.54, 1.807) is 7.05 Å². The Morgan fingerprint density at radius 3 is 2.40 bits per heavy atom. The van der Waals surface area contributed by atoms with Crippen molar-refractivity contribution in [1.82, 2.24) is 15.0 Å². The van der Waals surface area contributed by atoms with E-state index in [0.717, 1.165) is 13.1 Å². The molecule has 0 aliphatic carbocycles. The van der Waals surface area contributed by atoms with Gasteiger partial charge in [-0.3, -0.25) is 0 Å². The van der Waals surface area contributed by atoms with Crippen LogP contribution in [-0.2, 0) is 4.74 Å². The van der Waals surface area contributed by atoms with Gasteiger partial charge >= 0.3 is 0 Å². The van der Waals surface area contributed by atoms with E-state index in [1.165, 1.54) is 0 Å². The van der Waals surface area contributed by atoms with Crippen molar-refractivity contribution in [1.29, 1.82) is 0 Å². The molecule has 0 radical (unpaired) electrons. The molecule has 0 aliphatic heterocycles. The highest BCUT2D eigenvalue weighted by atomic mass is 16.5. The maximum Gasteiger partial charge on any atom is 0.231 e. The molecule has 0 spiro atoms. The molecule has 8 heteroatoms. The Hall–Kier alpha value is -1.67. The van der Waals surface area contributed by atoms with Crippen LogP contribution in [0.3, 0.4) is 0 Å². The number of rotatable bonds is 10. The number of hydrogen-bond donors (Lipinski definition) is 3. The van der Waals surface area contributed by atoms with Gasteiger partial charge in [-0.25, -0.2) is 0 Å². The summed E-state index contributed by atoms with van der Waals surface area (Å²) in [5.41, 5.74) is 0. The van der Waals surface area contributed by atoms with Crippen LogP contribution < -0.4 is 15.5 Å². The van der Waals surface area contributed by atoms with Crippen molar-refractivity contribution in [3.05, 3.63) is 0 Å². The van der Waals surface area contributed by atoms with Crippen LogP contribution >= 0.6 is 0 Å². The summed E-state index contributed by atoms with van der Waals surface area (Å²) in [6.07, 6.45) is 0. The van der Waals surface area contributed by atoms with Gasteiger partial charge in [-0.2, -0.15) is 15.0 Å². The van der Waals surface area contributed by atoms with Gasteiger partial charge in [-0.05, 0) is 13.8 Å². The van der Waals surface area contributed by atoms with E-state index in [4.69, 9.17) is 9.84 Å². The first-order valence-electron chi connectivity index (χ1n) is 6.86. The summed E-state index contributed by atoms with van der Waals surface area (Å²) in [5.74, 6) is 1.69. The van der Waals surface area contributed by atoms with Crippen molar-refractivity contribution in [2.75, 3.05) is 62.0 Å². The summed E-state index contributed by atoms with van der Waals surface area (Å²) in [7, 11) is 1.77. The van der Waals surface area contributed by atoms with Gasteiger partial charge < -0.3 is 25.4 Å². The number of ether oxygens (including phenoxy) is 1. The molecule has 0 fully saturated rings. The molecular weight excluding hydrogens is 260 g/mol. The van der Waals surface area contributed by atoms with Gasteiger partial charge in [0.25, 0.3) is 0 Å². The summed E-state index contributed by atoms with van der Waals surface area (Å²) < 4.78 is 5.17. The molecule has 0 bridgehead atoms. The zero-order chi connectivity index (χ0) is 14.8. The van der Waals surface area contributed by atoms with E-state index >= 15 is 0 Å². The van der Waals surface area contributed by atoms with E-state index < -0.39 is 0 Å². The fourth-order valence-electron chi connectivity index (χ4n) is 1.61. The molecule has 1 aromatic heterocycles. The average molecular weight is 284 g/mol. The smallest absolute Gasteiger partial charge is 0.231 e. The Labute approximate surface area is 119 Å². The second kappa shape index (κ2) is 9.27. The van der Waals surface area contributed by atoms with Crippen LogP contribution in [0.4, 0.5) is 17.8 Å². The lowest BCUT2D eigenvalue weighted by Gasteiger charge is -2.19. The standard InChI is InChI=1S/C12H24N6O2/c1-4-18(5-2)12-16-10(13-3)15-11(17-12)14-6-8-20-9-7-19/h19H,4-9H2,1-3H3,(H2,13,14,15,16,17). The number of nitrogens with one attached hydrogen (secondary N) is 2. The molecule has 0 saturated carbocycles. The lowest BCUT2D eigenvalue weighted by atomic mass is 10.5. The number of aromatic nitrogens is 3. The molecule has 8 nitrogen and oxygen atoms in total. The lowest BCUT2D eigenvalue weighted by molar-refractivity contribution is 0.0991. The maximum atomic E-state index is 8.61. The van der Waals surface area contributed by atoms with Crippen LogP contribution in [0.2, 0.25) is 0 Å². The zero-order valence-electron chi connectivity index (χ0n) is 12.4. The first-order chi connectivity index (χ1) is 9.74. The Kier molecular flexibility index (Phi) is 7.59. The highest BCUT2D eigenvalue weighted by Gasteiger charge is 2.10. The van der Waals surface area contributed by atoms with Crippen LogP contribution in [0.25, 0.3) is 0 Å². The summed E-state index contributed by atoms with van der Waals surface area (Å²) in [4.78, 5) is 15.0. The van der Waals surface area contributed by atoms with Crippen molar-refractivity contribution < 1.29 is 9.84 Å². The van der Waals surface area contributed by atoms with Crippen molar-refractivity contribution in [3.63, 3.8) is 0 Å². The molecule has 0 aromatic carbocycles. The third kappa shape index (κ3) is 5.14. The number of aliphatic hydroxyl groups excluding tert-OH is 1. The van der Waals surface area contributed by atoms with E-state index in [-0.39, 0.29) is 6.61 Å². The van der Waals surface area contributed by atoms with Gasteiger partial charge in [0.15, 0.2) is 0 Å². The minimum Gasteiger partial charge on any atom is -0.394 e. The zero-order valence-corrected chi connectivity index (χ0v) is 12.4. The molecular formula is C12H24N6O2. The predicted molar refractivity (Wildman–Crippen MR) is 79.3 cm³/mol. The highest BCUT2D eigenvalue weighted by Crippen LogP contribution is 2.12. The molecule has 0 atom stereocenters. The first kappa shape index (κ1) is 16.4. The number of anilines is 3. The van der Waals surface area contributed by atoms with Crippen LogP contribution in [0, 0.1) is 0 Å². The fourth-order valence-corrected chi connectivity index (χ4v) is 1.61.